The fourth-order valence-corrected chi connectivity index (χ4v) is 4.26. The van der Waals surface area contributed by atoms with Gasteiger partial charge in [-0.15, -0.1) is 0 Å². The lowest BCUT2D eigenvalue weighted by atomic mass is 10.1. The Kier molecular flexibility index (Phi) is 8.17. The molecule has 0 aliphatic heterocycles. The zero-order valence-electron chi connectivity index (χ0n) is 19.8. The molecule has 0 saturated heterocycles. The van der Waals surface area contributed by atoms with Crippen LogP contribution < -0.4 is 19.1 Å². The largest absolute Gasteiger partial charge is 0.497 e. The van der Waals surface area contributed by atoms with Crippen LogP contribution in [0, 0.1) is 6.92 Å². The van der Waals surface area contributed by atoms with Crippen molar-refractivity contribution in [3.05, 3.63) is 89.5 Å². The van der Waals surface area contributed by atoms with Crippen LogP contribution >= 0.6 is 0 Å². The van der Waals surface area contributed by atoms with Crippen LogP contribution in [0.5, 0.6) is 11.5 Å². The minimum absolute atomic E-state index is 0.154. The molecule has 180 valence electrons. The Morgan fingerprint density at radius 1 is 0.941 bits per heavy atom. The topological polar surface area (TPSA) is 84.9 Å². The minimum atomic E-state index is -3.49. The molecule has 8 heteroatoms. The van der Waals surface area contributed by atoms with Gasteiger partial charge < -0.3 is 14.8 Å². The van der Waals surface area contributed by atoms with Crippen molar-refractivity contribution in [3.8, 4) is 11.5 Å². The minimum Gasteiger partial charge on any atom is -0.497 e. The molecule has 3 aromatic rings. The predicted octanol–water partition coefficient (Wildman–Crippen LogP) is 4.23. The summed E-state index contributed by atoms with van der Waals surface area (Å²) in [6, 6.07) is 21.7. The first-order chi connectivity index (χ1) is 16.2. The van der Waals surface area contributed by atoms with Crippen LogP contribution in [0.15, 0.2) is 72.8 Å². The SMILES string of the molecule is COc1ccc([C@@H](C)NC(=O)COc2ccc(N(Cc3ccc(C)cc3)S(C)(=O)=O)cc2)cc1. The number of carbonyl (C=O) groups is 1. The zero-order valence-corrected chi connectivity index (χ0v) is 20.6. The van der Waals surface area contributed by atoms with E-state index in [0.717, 1.165) is 22.4 Å². The van der Waals surface area contributed by atoms with E-state index in [2.05, 4.69) is 5.32 Å². The number of carbonyl (C=O) groups excluding carboxylic acids is 1. The highest BCUT2D eigenvalue weighted by atomic mass is 32.2. The number of benzene rings is 3. The number of anilines is 1. The van der Waals surface area contributed by atoms with Gasteiger partial charge in [0.1, 0.15) is 11.5 Å². The lowest BCUT2D eigenvalue weighted by molar-refractivity contribution is -0.123. The van der Waals surface area contributed by atoms with E-state index in [9.17, 15) is 13.2 Å². The van der Waals surface area contributed by atoms with Crippen molar-refractivity contribution >= 4 is 21.6 Å². The van der Waals surface area contributed by atoms with Gasteiger partial charge in [0.05, 0.1) is 31.6 Å². The highest BCUT2D eigenvalue weighted by Gasteiger charge is 2.18. The quantitative estimate of drug-likeness (QED) is 0.468. The summed E-state index contributed by atoms with van der Waals surface area (Å²) in [6.45, 7) is 3.95. The molecule has 1 atom stereocenters. The van der Waals surface area contributed by atoms with Gasteiger partial charge in [0.25, 0.3) is 5.91 Å². The van der Waals surface area contributed by atoms with Crippen molar-refractivity contribution in [1.82, 2.24) is 5.32 Å². The van der Waals surface area contributed by atoms with Gasteiger partial charge in [-0.1, -0.05) is 42.0 Å². The molecule has 0 fully saturated rings. The first-order valence-electron chi connectivity index (χ1n) is 10.8. The number of hydrogen-bond donors (Lipinski definition) is 1. The second kappa shape index (κ2) is 11.1. The molecule has 0 radical (unpaired) electrons. The number of nitrogens with one attached hydrogen (secondary N) is 1. The number of hydrogen-bond acceptors (Lipinski definition) is 5. The van der Waals surface area contributed by atoms with Crippen molar-refractivity contribution < 1.29 is 22.7 Å². The van der Waals surface area contributed by atoms with Gasteiger partial charge in [-0.05, 0) is 61.4 Å². The van der Waals surface area contributed by atoms with Crippen LogP contribution in [0.25, 0.3) is 0 Å². The van der Waals surface area contributed by atoms with Crippen molar-refractivity contribution in [2.24, 2.45) is 0 Å². The Balaban J connectivity index is 1.59. The Labute approximate surface area is 201 Å². The fraction of sp³-hybridized carbons (Fsp3) is 0.269. The van der Waals surface area contributed by atoms with Gasteiger partial charge in [0, 0.05) is 0 Å². The summed E-state index contributed by atoms with van der Waals surface area (Å²) in [4.78, 5) is 12.3. The third-order valence-corrected chi connectivity index (χ3v) is 6.48. The molecule has 7 nitrogen and oxygen atoms in total. The summed E-state index contributed by atoms with van der Waals surface area (Å²) in [5.41, 5.74) is 3.47. The lowest BCUT2D eigenvalue weighted by Crippen LogP contribution is -2.31. The van der Waals surface area contributed by atoms with Crippen LogP contribution in [0.2, 0.25) is 0 Å². The van der Waals surface area contributed by atoms with Gasteiger partial charge in [0.15, 0.2) is 6.61 Å². The Morgan fingerprint density at radius 3 is 2.09 bits per heavy atom. The van der Waals surface area contributed by atoms with Crippen molar-refractivity contribution in [2.45, 2.75) is 26.4 Å². The van der Waals surface area contributed by atoms with E-state index < -0.39 is 10.0 Å². The van der Waals surface area contributed by atoms with Crippen molar-refractivity contribution in [2.75, 3.05) is 24.3 Å². The summed E-state index contributed by atoms with van der Waals surface area (Å²) in [5.74, 6) is 0.965. The van der Waals surface area contributed by atoms with Gasteiger partial charge in [0.2, 0.25) is 10.0 Å². The number of aryl methyl sites for hydroxylation is 1. The molecule has 0 bridgehead atoms. The molecule has 0 unspecified atom stereocenters. The van der Waals surface area contributed by atoms with Crippen LogP contribution in [0.3, 0.4) is 0 Å². The molecule has 0 aliphatic rings. The highest BCUT2D eigenvalue weighted by Crippen LogP contribution is 2.24. The first-order valence-corrected chi connectivity index (χ1v) is 12.7. The summed E-state index contributed by atoms with van der Waals surface area (Å²) in [6.07, 6.45) is 1.18. The third-order valence-electron chi connectivity index (χ3n) is 5.34. The molecule has 3 rings (SSSR count). The van der Waals surface area contributed by atoms with Crippen LogP contribution in [-0.2, 0) is 21.4 Å². The molecule has 0 spiro atoms. The van der Waals surface area contributed by atoms with E-state index in [1.165, 1.54) is 10.6 Å². The van der Waals surface area contributed by atoms with Gasteiger partial charge in [-0.2, -0.15) is 0 Å². The van der Waals surface area contributed by atoms with Crippen LogP contribution in [0.4, 0.5) is 5.69 Å². The van der Waals surface area contributed by atoms with E-state index in [4.69, 9.17) is 9.47 Å². The van der Waals surface area contributed by atoms with Gasteiger partial charge >= 0.3 is 0 Å². The molecule has 1 N–H and O–H groups in total. The second-order valence-electron chi connectivity index (χ2n) is 8.10. The van der Waals surface area contributed by atoms with E-state index >= 15 is 0 Å². The summed E-state index contributed by atoms with van der Waals surface area (Å²) in [7, 11) is -1.88. The maximum atomic E-state index is 12.4. The van der Waals surface area contributed by atoms with Crippen molar-refractivity contribution in [1.29, 1.82) is 0 Å². The number of ether oxygens (including phenoxy) is 2. The number of rotatable bonds is 10. The number of amides is 1. The normalized spacial score (nSPS) is 12.0. The molecule has 0 aromatic heterocycles. The van der Waals surface area contributed by atoms with Gasteiger partial charge in [-0.3, -0.25) is 9.10 Å². The summed E-state index contributed by atoms with van der Waals surface area (Å²) >= 11 is 0. The molecular formula is C26H30N2O5S. The standard InChI is InChI=1S/C26H30N2O5S/c1-19-5-7-21(8-6-19)17-28(34(4,30)31)23-11-15-25(16-12-23)33-18-26(29)27-20(2)22-9-13-24(32-3)14-10-22/h5-16,20H,17-18H2,1-4H3,(H,27,29)/t20-/m1/s1. The van der Waals surface area contributed by atoms with Crippen LogP contribution in [0.1, 0.15) is 29.7 Å². The molecule has 0 heterocycles. The number of methoxy groups -OCH3 is 1. The van der Waals surface area contributed by atoms with E-state index in [1.54, 1.807) is 31.4 Å². The second-order valence-corrected chi connectivity index (χ2v) is 10.0. The number of nitrogens with zero attached hydrogens (tertiary/aromatic N) is 1. The predicted molar refractivity (Wildman–Crippen MR) is 134 cm³/mol. The highest BCUT2D eigenvalue weighted by molar-refractivity contribution is 7.92. The van der Waals surface area contributed by atoms with Gasteiger partial charge in [-0.25, -0.2) is 8.42 Å². The average molecular weight is 483 g/mol. The molecule has 34 heavy (non-hydrogen) atoms. The van der Waals surface area contributed by atoms with Crippen molar-refractivity contribution in [3.63, 3.8) is 0 Å². The molecular weight excluding hydrogens is 452 g/mol. The smallest absolute Gasteiger partial charge is 0.258 e. The number of sulfonamides is 1. The summed E-state index contributed by atoms with van der Waals surface area (Å²) in [5, 5.41) is 2.89. The maximum Gasteiger partial charge on any atom is 0.258 e. The molecule has 3 aromatic carbocycles. The monoisotopic (exact) mass is 482 g/mol. The first kappa shape index (κ1) is 25.1. The Morgan fingerprint density at radius 2 is 1.53 bits per heavy atom. The fourth-order valence-electron chi connectivity index (χ4n) is 3.38. The average Bonchev–Trinajstić information content (AvgIpc) is 2.82. The third kappa shape index (κ3) is 6.99. The van der Waals surface area contributed by atoms with E-state index in [1.807, 2.05) is 62.4 Å². The Hall–Kier alpha value is -3.52. The molecule has 1 amide bonds. The van der Waals surface area contributed by atoms with Crippen LogP contribution in [-0.4, -0.2) is 34.3 Å². The maximum absolute atomic E-state index is 12.4. The molecule has 0 saturated carbocycles. The molecule has 0 aliphatic carbocycles. The zero-order chi connectivity index (χ0) is 24.7. The summed E-state index contributed by atoms with van der Waals surface area (Å²) < 4.78 is 36.9. The lowest BCUT2D eigenvalue weighted by Gasteiger charge is -2.23. The van der Waals surface area contributed by atoms with E-state index in [0.29, 0.717) is 11.4 Å². The van der Waals surface area contributed by atoms with E-state index in [-0.39, 0.29) is 25.1 Å². The Bertz CT molecular complexity index is 1190.